The van der Waals surface area contributed by atoms with Gasteiger partial charge < -0.3 is 9.80 Å². The molecule has 0 aliphatic carbocycles. The Kier molecular flexibility index (Phi) is 26.9. The van der Waals surface area contributed by atoms with Crippen LogP contribution in [-0.4, -0.2) is 29.1 Å². The molecule has 0 amide bonds. The zero-order valence-electron chi connectivity index (χ0n) is 27.5. The average Bonchev–Trinajstić information content (AvgIpc) is 3.32. The molecule has 232 valence electrons. The lowest BCUT2D eigenvalue weighted by molar-refractivity contribution is 0.138. The molecule has 0 aromatic rings. The molecular weight excluding hydrogens is 472 g/mol. The van der Waals surface area contributed by atoms with Crippen LogP contribution in [0.25, 0.3) is 0 Å². The largest absolute Gasteiger partial charge is 0.356 e. The summed E-state index contributed by atoms with van der Waals surface area (Å²) in [4.78, 5) is 5.32. The highest BCUT2D eigenvalue weighted by atomic mass is 15.4. The molecule has 0 fully saturated rings. The second-order valence-corrected chi connectivity index (χ2v) is 12.9. The molecular formula is C37H74N2. The summed E-state index contributed by atoms with van der Waals surface area (Å²) in [5, 5.41) is 0. The van der Waals surface area contributed by atoms with Gasteiger partial charge in [0.05, 0.1) is 0 Å². The van der Waals surface area contributed by atoms with Crippen LogP contribution >= 0.6 is 0 Å². The first-order chi connectivity index (χ1) is 19.3. The van der Waals surface area contributed by atoms with Crippen LogP contribution in [0.5, 0.6) is 0 Å². The monoisotopic (exact) mass is 547 g/mol. The Morgan fingerprint density at radius 1 is 0.333 bits per heavy atom. The fraction of sp³-hybridized carbons (Fsp3) is 0.946. The minimum absolute atomic E-state index is 0.634. The summed E-state index contributed by atoms with van der Waals surface area (Å²) >= 11 is 0. The lowest BCUT2D eigenvalue weighted by Gasteiger charge is -2.33. The lowest BCUT2D eigenvalue weighted by atomic mass is 10.0. The van der Waals surface area contributed by atoms with E-state index in [1.165, 1.54) is 199 Å². The van der Waals surface area contributed by atoms with Crippen molar-refractivity contribution in [3.05, 3.63) is 12.4 Å². The normalized spacial score (nSPS) is 15.2. The van der Waals surface area contributed by atoms with Gasteiger partial charge in [0, 0.05) is 25.5 Å². The molecule has 1 aliphatic rings. The third-order valence-electron chi connectivity index (χ3n) is 9.05. The highest BCUT2D eigenvalue weighted by molar-refractivity contribution is 4.96. The first-order valence-corrected chi connectivity index (χ1v) is 18.5. The van der Waals surface area contributed by atoms with E-state index >= 15 is 0 Å². The Bertz CT molecular complexity index is 502. The maximum Gasteiger partial charge on any atom is 0.101 e. The van der Waals surface area contributed by atoms with E-state index < -0.39 is 0 Å². The Labute approximate surface area is 248 Å². The SMILES string of the molecule is CCCCCCCCCCCCCCCCCN1C=CN(CCCCCCCCCCCCCC)C1CCC. The molecule has 1 atom stereocenters. The first-order valence-electron chi connectivity index (χ1n) is 18.5. The van der Waals surface area contributed by atoms with Gasteiger partial charge in [0.25, 0.3) is 0 Å². The number of unbranched alkanes of at least 4 members (excludes halogenated alkanes) is 25. The second kappa shape index (κ2) is 28.9. The molecule has 0 aromatic carbocycles. The summed E-state index contributed by atoms with van der Waals surface area (Å²) in [7, 11) is 0. The van der Waals surface area contributed by atoms with Gasteiger partial charge in [-0.05, 0) is 19.3 Å². The van der Waals surface area contributed by atoms with Gasteiger partial charge in [-0.1, -0.05) is 188 Å². The van der Waals surface area contributed by atoms with Crippen molar-refractivity contribution in [2.24, 2.45) is 0 Å². The minimum Gasteiger partial charge on any atom is -0.356 e. The summed E-state index contributed by atoms with van der Waals surface area (Å²) in [6.07, 6.45) is 47.0. The van der Waals surface area contributed by atoms with Gasteiger partial charge >= 0.3 is 0 Å². The van der Waals surface area contributed by atoms with Crippen LogP contribution in [0.4, 0.5) is 0 Å². The number of hydrogen-bond donors (Lipinski definition) is 0. The van der Waals surface area contributed by atoms with E-state index in [0.29, 0.717) is 6.17 Å². The minimum atomic E-state index is 0.634. The van der Waals surface area contributed by atoms with Gasteiger partial charge in [-0.15, -0.1) is 0 Å². The Balaban J connectivity index is 1.95. The topological polar surface area (TPSA) is 6.48 Å². The van der Waals surface area contributed by atoms with Crippen molar-refractivity contribution in [1.29, 1.82) is 0 Å². The Morgan fingerprint density at radius 2 is 0.590 bits per heavy atom. The molecule has 39 heavy (non-hydrogen) atoms. The molecule has 2 heteroatoms. The average molecular weight is 547 g/mol. The molecule has 0 spiro atoms. The quantitative estimate of drug-likeness (QED) is 0.0798. The summed E-state index contributed by atoms with van der Waals surface area (Å²) < 4.78 is 0. The molecule has 0 saturated carbocycles. The predicted molar refractivity (Wildman–Crippen MR) is 177 cm³/mol. The van der Waals surface area contributed by atoms with Crippen LogP contribution in [0, 0.1) is 0 Å². The predicted octanol–water partition coefficient (Wildman–Crippen LogP) is 12.8. The van der Waals surface area contributed by atoms with E-state index in [0.717, 1.165) is 0 Å². The van der Waals surface area contributed by atoms with Gasteiger partial charge in [-0.2, -0.15) is 0 Å². The van der Waals surface area contributed by atoms with E-state index in [-0.39, 0.29) is 0 Å². The lowest BCUT2D eigenvalue weighted by Crippen LogP contribution is -2.39. The van der Waals surface area contributed by atoms with Crippen molar-refractivity contribution in [2.75, 3.05) is 13.1 Å². The van der Waals surface area contributed by atoms with Gasteiger partial charge in [0.2, 0.25) is 0 Å². The second-order valence-electron chi connectivity index (χ2n) is 12.9. The number of hydrogen-bond acceptors (Lipinski definition) is 2. The van der Waals surface area contributed by atoms with Crippen LogP contribution in [0.2, 0.25) is 0 Å². The van der Waals surface area contributed by atoms with Gasteiger partial charge in [-0.25, -0.2) is 0 Å². The summed E-state index contributed by atoms with van der Waals surface area (Å²) in [6, 6.07) is 0. The van der Waals surface area contributed by atoms with Crippen molar-refractivity contribution >= 4 is 0 Å². The van der Waals surface area contributed by atoms with E-state index in [1.54, 1.807) is 0 Å². The molecule has 1 aliphatic heterocycles. The van der Waals surface area contributed by atoms with Crippen LogP contribution in [0.1, 0.15) is 207 Å². The fourth-order valence-electron chi connectivity index (χ4n) is 6.40. The summed E-state index contributed by atoms with van der Waals surface area (Å²) in [6.45, 7) is 9.48. The Morgan fingerprint density at radius 3 is 0.846 bits per heavy atom. The van der Waals surface area contributed by atoms with Crippen LogP contribution < -0.4 is 0 Å². The van der Waals surface area contributed by atoms with E-state index in [4.69, 9.17) is 0 Å². The molecule has 0 bridgehead atoms. The van der Waals surface area contributed by atoms with Crippen LogP contribution in [-0.2, 0) is 0 Å². The van der Waals surface area contributed by atoms with Gasteiger partial charge in [0.15, 0.2) is 0 Å². The van der Waals surface area contributed by atoms with E-state index in [1.807, 2.05) is 0 Å². The third-order valence-corrected chi connectivity index (χ3v) is 9.05. The molecule has 0 radical (unpaired) electrons. The maximum atomic E-state index is 2.66. The van der Waals surface area contributed by atoms with Crippen molar-refractivity contribution in [3.63, 3.8) is 0 Å². The number of nitrogens with zero attached hydrogens (tertiary/aromatic N) is 2. The standard InChI is InChI=1S/C37H74N2/c1-4-7-9-11-13-15-17-19-20-21-23-25-27-29-31-34-39-36-35-38(37(39)32-6-3)33-30-28-26-24-22-18-16-14-12-10-8-5-2/h35-37H,4-34H2,1-3H3. The van der Waals surface area contributed by atoms with Gasteiger partial charge in [0.1, 0.15) is 6.17 Å². The Hall–Kier alpha value is -0.660. The van der Waals surface area contributed by atoms with Gasteiger partial charge in [-0.3, -0.25) is 0 Å². The zero-order chi connectivity index (χ0) is 28.1. The van der Waals surface area contributed by atoms with Crippen molar-refractivity contribution in [1.82, 2.24) is 9.80 Å². The van der Waals surface area contributed by atoms with Crippen molar-refractivity contribution in [2.45, 2.75) is 213 Å². The molecule has 1 unspecified atom stereocenters. The summed E-state index contributed by atoms with van der Waals surface area (Å²) in [5.41, 5.74) is 0. The highest BCUT2D eigenvalue weighted by Gasteiger charge is 2.24. The third kappa shape index (κ3) is 21.7. The fourth-order valence-corrected chi connectivity index (χ4v) is 6.40. The van der Waals surface area contributed by atoms with E-state index in [2.05, 4.69) is 43.0 Å². The van der Waals surface area contributed by atoms with Crippen molar-refractivity contribution < 1.29 is 0 Å². The maximum absolute atomic E-state index is 2.66. The number of rotatable bonds is 31. The van der Waals surface area contributed by atoms with Crippen LogP contribution in [0.15, 0.2) is 12.4 Å². The highest BCUT2D eigenvalue weighted by Crippen LogP contribution is 2.22. The summed E-state index contributed by atoms with van der Waals surface area (Å²) in [5.74, 6) is 0. The van der Waals surface area contributed by atoms with Crippen LogP contribution in [0.3, 0.4) is 0 Å². The molecule has 0 saturated heterocycles. The smallest absolute Gasteiger partial charge is 0.101 e. The molecule has 0 aromatic heterocycles. The molecule has 1 heterocycles. The van der Waals surface area contributed by atoms with E-state index in [9.17, 15) is 0 Å². The zero-order valence-corrected chi connectivity index (χ0v) is 27.5. The molecule has 2 nitrogen and oxygen atoms in total. The molecule has 0 N–H and O–H groups in total. The first kappa shape index (κ1) is 36.4. The van der Waals surface area contributed by atoms with Crippen molar-refractivity contribution in [3.8, 4) is 0 Å². The molecule has 1 rings (SSSR count).